The predicted molar refractivity (Wildman–Crippen MR) is 69.6 cm³/mol. The Bertz CT molecular complexity index is 181. The molecule has 0 unspecified atom stereocenters. The highest BCUT2D eigenvalue weighted by atomic mass is 32.2. The first-order valence-electron chi connectivity index (χ1n) is 6.63. The Hall–Kier alpha value is 0.310. The van der Waals surface area contributed by atoms with Crippen molar-refractivity contribution in [2.75, 3.05) is 12.8 Å². The van der Waals surface area contributed by atoms with Crippen LogP contribution in [-0.4, -0.2) is 23.6 Å². The van der Waals surface area contributed by atoms with Crippen molar-refractivity contribution in [3.05, 3.63) is 0 Å². The van der Waals surface area contributed by atoms with Gasteiger partial charge >= 0.3 is 0 Å². The Morgan fingerprint density at radius 1 is 1.07 bits per heavy atom. The molecule has 0 saturated heterocycles. The van der Waals surface area contributed by atoms with E-state index in [4.69, 9.17) is 0 Å². The summed E-state index contributed by atoms with van der Waals surface area (Å²) in [6.45, 7) is 1.26. The van der Waals surface area contributed by atoms with Gasteiger partial charge in [-0.2, -0.15) is 11.8 Å². The summed E-state index contributed by atoms with van der Waals surface area (Å²) in [4.78, 5) is 0. The molecule has 0 aromatic rings. The topological polar surface area (TPSA) is 12.0 Å². The van der Waals surface area contributed by atoms with Gasteiger partial charge in [0.25, 0.3) is 0 Å². The molecule has 1 N–H and O–H groups in total. The third-order valence-electron chi connectivity index (χ3n) is 4.27. The minimum absolute atomic E-state index is 0.595. The zero-order chi connectivity index (χ0) is 10.6. The van der Waals surface area contributed by atoms with Crippen molar-refractivity contribution in [1.29, 1.82) is 0 Å². The van der Waals surface area contributed by atoms with Crippen molar-refractivity contribution in [1.82, 2.24) is 5.32 Å². The van der Waals surface area contributed by atoms with Crippen molar-refractivity contribution in [3.63, 3.8) is 0 Å². The van der Waals surface area contributed by atoms with E-state index >= 15 is 0 Å². The smallest absolute Gasteiger partial charge is 0.0281 e. The van der Waals surface area contributed by atoms with Crippen molar-refractivity contribution in [2.45, 2.75) is 68.6 Å². The molecule has 2 rings (SSSR count). The summed E-state index contributed by atoms with van der Waals surface area (Å²) in [6, 6.07) is 0.836. The van der Waals surface area contributed by atoms with E-state index in [1.165, 1.54) is 64.3 Å². The molecule has 2 fully saturated rings. The molecule has 1 nitrogen and oxygen atoms in total. The first kappa shape index (κ1) is 11.8. The summed E-state index contributed by atoms with van der Waals surface area (Å²) in [5, 5.41) is 3.83. The van der Waals surface area contributed by atoms with Crippen LogP contribution < -0.4 is 5.32 Å². The van der Waals surface area contributed by atoms with E-state index in [1.807, 2.05) is 0 Å². The van der Waals surface area contributed by atoms with Crippen LogP contribution in [0.1, 0.15) is 57.8 Å². The van der Waals surface area contributed by atoms with Crippen LogP contribution in [0.5, 0.6) is 0 Å². The van der Waals surface area contributed by atoms with Crippen molar-refractivity contribution < 1.29 is 0 Å². The minimum Gasteiger partial charge on any atom is -0.313 e. The van der Waals surface area contributed by atoms with Crippen LogP contribution >= 0.6 is 11.8 Å². The molecular formula is C13H25NS. The van der Waals surface area contributed by atoms with Gasteiger partial charge in [0.2, 0.25) is 0 Å². The number of thioether (sulfide) groups is 1. The lowest BCUT2D eigenvalue weighted by Gasteiger charge is -2.31. The van der Waals surface area contributed by atoms with Crippen LogP contribution in [0, 0.1) is 0 Å². The van der Waals surface area contributed by atoms with Crippen molar-refractivity contribution >= 4 is 11.8 Å². The molecule has 88 valence electrons. The number of hydrogen-bond donors (Lipinski definition) is 1. The highest BCUT2D eigenvalue weighted by Gasteiger charge is 2.33. The third kappa shape index (κ3) is 3.13. The SMILES string of the molecule is CSC1(CNC2CCCCC2)CCCC1. The maximum absolute atomic E-state index is 3.83. The van der Waals surface area contributed by atoms with E-state index in [0.29, 0.717) is 4.75 Å². The minimum atomic E-state index is 0.595. The normalized spacial score (nSPS) is 27.0. The van der Waals surface area contributed by atoms with E-state index < -0.39 is 0 Å². The van der Waals surface area contributed by atoms with E-state index in [0.717, 1.165) is 6.04 Å². The molecule has 0 amide bonds. The maximum Gasteiger partial charge on any atom is 0.0281 e. The molecule has 0 aromatic carbocycles. The average molecular weight is 227 g/mol. The van der Waals surface area contributed by atoms with Gasteiger partial charge in [-0.1, -0.05) is 32.1 Å². The van der Waals surface area contributed by atoms with E-state index in [-0.39, 0.29) is 0 Å². The summed E-state index contributed by atoms with van der Waals surface area (Å²) in [5.74, 6) is 0. The van der Waals surface area contributed by atoms with Gasteiger partial charge in [-0.05, 0) is 31.9 Å². The Balaban J connectivity index is 1.75. The molecule has 0 bridgehead atoms. The fourth-order valence-corrected chi connectivity index (χ4v) is 4.03. The second-order valence-corrected chi connectivity index (χ2v) is 6.58. The summed E-state index contributed by atoms with van der Waals surface area (Å²) in [7, 11) is 0. The summed E-state index contributed by atoms with van der Waals surface area (Å²) >= 11 is 2.11. The fourth-order valence-electron chi connectivity index (χ4n) is 3.11. The largest absolute Gasteiger partial charge is 0.313 e. The fraction of sp³-hybridized carbons (Fsp3) is 1.00. The molecule has 2 saturated carbocycles. The van der Waals surface area contributed by atoms with Crippen molar-refractivity contribution in [2.24, 2.45) is 0 Å². The molecule has 0 spiro atoms. The Kier molecular flexibility index (Phi) is 4.39. The number of hydrogen-bond acceptors (Lipinski definition) is 2. The molecule has 0 atom stereocenters. The van der Waals surface area contributed by atoms with Crippen LogP contribution in [0.25, 0.3) is 0 Å². The lowest BCUT2D eigenvalue weighted by Crippen LogP contribution is -2.41. The monoisotopic (exact) mass is 227 g/mol. The Labute approximate surface area is 98.8 Å². The summed E-state index contributed by atoms with van der Waals surface area (Å²) in [6.07, 6.45) is 15.3. The number of rotatable bonds is 4. The van der Waals surface area contributed by atoms with Gasteiger partial charge in [0.05, 0.1) is 0 Å². The van der Waals surface area contributed by atoms with Gasteiger partial charge < -0.3 is 5.32 Å². The zero-order valence-electron chi connectivity index (χ0n) is 10.1. The van der Waals surface area contributed by atoms with E-state index in [1.54, 1.807) is 0 Å². The molecule has 2 heteroatoms. The van der Waals surface area contributed by atoms with E-state index in [9.17, 15) is 0 Å². The molecule has 0 radical (unpaired) electrons. The Morgan fingerprint density at radius 3 is 2.33 bits per heavy atom. The molecule has 0 aromatic heterocycles. The Morgan fingerprint density at radius 2 is 1.73 bits per heavy atom. The van der Waals surface area contributed by atoms with Crippen molar-refractivity contribution in [3.8, 4) is 0 Å². The maximum atomic E-state index is 3.83. The van der Waals surface area contributed by atoms with Gasteiger partial charge in [-0.25, -0.2) is 0 Å². The third-order valence-corrected chi connectivity index (χ3v) is 5.68. The first-order chi connectivity index (χ1) is 7.35. The first-order valence-corrected chi connectivity index (χ1v) is 7.86. The molecule has 2 aliphatic carbocycles. The zero-order valence-corrected chi connectivity index (χ0v) is 10.9. The van der Waals surface area contributed by atoms with E-state index in [2.05, 4.69) is 23.3 Å². The summed E-state index contributed by atoms with van der Waals surface area (Å²) < 4.78 is 0.595. The summed E-state index contributed by atoms with van der Waals surface area (Å²) in [5.41, 5.74) is 0. The van der Waals surface area contributed by atoms with Crippen LogP contribution in [0.15, 0.2) is 0 Å². The molecule has 0 heterocycles. The van der Waals surface area contributed by atoms with Crippen LogP contribution in [-0.2, 0) is 0 Å². The second-order valence-electron chi connectivity index (χ2n) is 5.31. The van der Waals surface area contributed by atoms with Gasteiger partial charge in [0.15, 0.2) is 0 Å². The average Bonchev–Trinajstić information content (AvgIpc) is 2.77. The molecule has 0 aliphatic heterocycles. The number of nitrogens with one attached hydrogen (secondary N) is 1. The van der Waals surface area contributed by atoms with Crippen LogP contribution in [0.4, 0.5) is 0 Å². The lowest BCUT2D eigenvalue weighted by atomic mass is 9.95. The molecule has 2 aliphatic rings. The predicted octanol–water partition coefficient (Wildman–Crippen LogP) is 3.58. The highest BCUT2D eigenvalue weighted by molar-refractivity contribution is 8.00. The molecular weight excluding hydrogens is 202 g/mol. The second kappa shape index (κ2) is 5.58. The lowest BCUT2D eigenvalue weighted by molar-refractivity contribution is 0.357. The van der Waals surface area contributed by atoms with Gasteiger partial charge in [-0.3, -0.25) is 0 Å². The van der Waals surface area contributed by atoms with Gasteiger partial charge in [-0.15, -0.1) is 0 Å². The van der Waals surface area contributed by atoms with Gasteiger partial charge in [0, 0.05) is 17.3 Å². The standard InChI is InChI=1S/C13H25NS/c1-15-13(9-5-6-10-13)11-14-12-7-3-2-4-8-12/h12,14H,2-11H2,1H3. The van der Waals surface area contributed by atoms with Gasteiger partial charge in [0.1, 0.15) is 0 Å². The van der Waals surface area contributed by atoms with Crippen LogP contribution in [0.3, 0.4) is 0 Å². The highest BCUT2D eigenvalue weighted by Crippen LogP contribution is 2.39. The van der Waals surface area contributed by atoms with Crippen LogP contribution in [0.2, 0.25) is 0 Å². The quantitative estimate of drug-likeness (QED) is 0.788. The molecule has 15 heavy (non-hydrogen) atoms.